The van der Waals surface area contributed by atoms with E-state index >= 15 is 0 Å². The van der Waals surface area contributed by atoms with Crippen molar-refractivity contribution in [3.63, 3.8) is 0 Å². The lowest BCUT2D eigenvalue weighted by Crippen LogP contribution is -2.46. The lowest BCUT2D eigenvalue weighted by Gasteiger charge is -2.32. The minimum atomic E-state index is -0.128. The Morgan fingerprint density at radius 1 is 1.23 bits per heavy atom. The van der Waals surface area contributed by atoms with Gasteiger partial charge in [0.05, 0.1) is 0 Å². The van der Waals surface area contributed by atoms with Gasteiger partial charge in [0, 0.05) is 53.0 Å². The molecule has 1 aliphatic heterocycles. The van der Waals surface area contributed by atoms with Crippen LogP contribution in [0.25, 0.3) is 0 Å². The van der Waals surface area contributed by atoms with E-state index in [2.05, 4.69) is 46.7 Å². The Morgan fingerprint density at radius 3 is 2.67 bits per heavy atom. The predicted molar refractivity (Wildman–Crippen MR) is 124 cm³/mol. The van der Waals surface area contributed by atoms with Gasteiger partial charge >= 0.3 is 0 Å². The molecule has 0 bridgehead atoms. The van der Waals surface area contributed by atoms with Gasteiger partial charge in [0.2, 0.25) is 0 Å². The van der Waals surface area contributed by atoms with E-state index in [1.165, 1.54) is 12.8 Å². The van der Waals surface area contributed by atoms with Crippen LogP contribution in [0.15, 0.2) is 53.0 Å². The largest absolute Gasteiger partial charge is 0.354 e. The molecule has 1 aromatic carbocycles. The molecule has 6 heteroatoms. The number of hydrogen-bond acceptors (Lipinski definition) is 4. The summed E-state index contributed by atoms with van der Waals surface area (Å²) in [6.45, 7) is 5.80. The second-order valence-corrected chi connectivity index (χ2v) is 10.2. The van der Waals surface area contributed by atoms with Crippen LogP contribution >= 0.6 is 11.8 Å². The SMILES string of the molecule is CC1(Sc2ccccc2C(=N)N2CCNCC2)C=CC(C(=O)NC2CCCC2)=CC1. The van der Waals surface area contributed by atoms with Crippen LogP contribution in [0.1, 0.15) is 44.6 Å². The summed E-state index contributed by atoms with van der Waals surface area (Å²) in [6.07, 6.45) is 11.7. The fourth-order valence-corrected chi connectivity index (χ4v) is 5.59. The molecule has 160 valence electrons. The maximum atomic E-state index is 12.6. The number of carbonyl (C=O) groups is 1. The van der Waals surface area contributed by atoms with Gasteiger partial charge in [0.15, 0.2) is 0 Å². The Kier molecular flexibility index (Phi) is 6.64. The van der Waals surface area contributed by atoms with E-state index in [-0.39, 0.29) is 10.7 Å². The third kappa shape index (κ3) is 4.98. The zero-order chi connectivity index (χ0) is 21.0. The number of nitrogens with one attached hydrogen (secondary N) is 3. The molecule has 2 fully saturated rings. The number of hydrogen-bond donors (Lipinski definition) is 3. The van der Waals surface area contributed by atoms with Gasteiger partial charge in [0.1, 0.15) is 5.84 Å². The first-order chi connectivity index (χ1) is 14.5. The molecule has 1 amide bonds. The van der Waals surface area contributed by atoms with Crippen molar-refractivity contribution in [2.75, 3.05) is 26.2 Å². The number of thioether (sulfide) groups is 1. The first-order valence-electron chi connectivity index (χ1n) is 11.1. The molecule has 0 aromatic heterocycles. The summed E-state index contributed by atoms with van der Waals surface area (Å²) in [4.78, 5) is 15.8. The van der Waals surface area contributed by atoms with Gasteiger partial charge in [-0.25, -0.2) is 0 Å². The number of amides is 1. The van der Waals surface area contributed by atoms with Crippen LogP contribution in [-0.4, -0.2) is 53.6 Å². The quantitative estimate of drug-likeness (QED) is 0.498. The lowest BCUT2D eigenvalue weighted by atomic mass is 9.97. The maximum absolute atomic E-state index is 12.6. The third-order valence-electron chi connectivity index (χ3n) is 6.21. The highest BCUT2D eigenvalue weighted by Gasteiger charge is 2.28. The van der Waals surface area contributed by atoms with E-state index < -0.39 is 0 Å². The topological polar surface area (TPSA) is 68.2 Å². The molecule has 0 radical (unpaired) electrons. The number of allylic oxidation sites excluding steroid dienone is 1. The molecule has 30 heavy (non-hydrogen) atoms. The molecule has 1 aromatic rings. The summed E-state index contributed by atoms with van der Waals surface area (Å²) in [6, 6.07) is 8.57. The Labute approximate surface area is 183 Å². The zero-order valence-corrected chi connectivity index (χ0v) is 18.6. The van der Waals surface area contributed by atoms with Crippen molar-refractivity contribution in [3.8, 4) is 0 Å². The first kappa shape index (κ1) is 21.2. The lowest BCUT2D eigenvalue weighted by molar-refractivity contribution is -0.117. The fraction of sp³-hybridized carbons (Fsp3) is 0.500. The summed E-state index contributed by atoms with van der Waals surface area (Å²) in [7, 11) is 0. The number of nitrogens with zero attached hydrogens (tertiary/aromatic N) is 1. The molecular weight excluding hydrogens is 392 g/mol. The summed E-state index contributed by atoms with van der Waals surface area (Å²) >= 11 is 1.79. The van der Waals surface area contributed by atoms with Crippen LogP contribution < -0.4 is 10.6 Å². The summed E-state index contributed by atoms with van der Waals surface area (Å²) < 4.78 is -0.128. The van der Waals surface area contributed by atoms with Gasteiger partial charge in [-0.2, -0.15) is 0 Å². The van der Waals surface area contributed by atoms with Crippen molar-refractivity contribution in [1.82, 2.24) is 15.5 Å². The molecule has 1 saturated carbocycles. The van der Waals surface area contributed by atoms with Gasteiger partial charge < -0.3 is 15.5 Å². The van der Waals surface area contributed by atoms with Crippen molar-refractivity contribution < 1.29 is 4.79 Å². The van der Waals surface area contributed by atoms with Gasteiger partial charge in [-0.3, -0.25) is 10.2 Å². The normalized spacial score (nSPS) is 24.6. The fourth-order valence-electron chi connectivity index (χ4n) is 4.36. The van der Waals surface area contributed by atoms with E-state index in [0.29, 0.717) is 11.9 Å². The van der Waals surface area contributed by atoms with E-state index in [1.54, 1.807) is 11.8 Å². The molecule has 1 saturated heterocycles. The Bertz CT molecular complexity index is 853. The second-order valence-electron chi connectivity index (χ2n) is 8.65. The van der Waals surface area contributed by atoms with Crippen LogP contribution in [0.2, 0.25) is 0 Å². The van der Waals surface area contributed by atoms with Crippen LogP contribution in [0.5, 0.6) is 0 Å². The molecule has 1 unspecified atom stereocenters. The van der Waals surface area contributed by atoms with E-state index in [4.69, 9.17) is 5.41 Å². The number of piperazine rings is 1. The molecule has 3 aliphatic rings. The van der Waals surface area contributed by atoms with Gasteiger partial charge in [-0.15, -0.1) is 11.8 Å². The van der Waals surface area contributed by atoms with Crippen molar-refractivity contribution in [3.05, 3.63) is 53.6 Å². The average Bonchev–Trinajstić information content (AvgIpc) is 3.27. The molecular formula is C24H32N4OS. The molecule has 5 nitrogen and oxygen atoms in total. The zero-order valence-electron chi connectivity index (χ0n) is 17.7. The molecule has 2 aliphatic carbocycles. The van der Waals surface area contributed by atoms with Gasteiger partial charge in [-0.05, 0) is 32.3 Å². The maximum Gasteiger partial charge on any atom is 0.251 e. The Morgan fingerprint density at radius 2 is 1.97 bits per heavy atom. The first-order valence-corrected chi connectivity index (χ1v) is 11.9. The Hall–Kier alpha value is -2.05. The number of carbonyl (C=O) groups excluding carboxylic acids is 1. The van der Waals surface area contributed by atoms with Crippen molar-refractivity contribution in [2.45, 2.75) is 54.7 Å². The smallest absolute Gasteiger partial charge is 0.251 e. The minimum Gasteiger partial charge on any atom is -0.354 e. The van der Waals surface area contributed by atoms with E-state index in [9.17, 15) is 4.79 Å². The molecule has 3 N–H and O–H groups in total. The predicted octanol–water partition coefficient (Wildman–Crippen LogP) is 3.71. The number of rotatable bonds is 5. The van der Waals surface area contributed by atoms with Crippen molar-refractivity contribution >= 4 is 23.5 Å². The highest BCUT2D eigenvalue weighted by molar-refractivity contribution is 8.01. The van der Waals surface area contributed by atoms with Gasteiger partial charge in [0.25, 0.3) is 5.91 Å². The minimum absolute atomic E-state index is 0.0612. The van der Waals surface area contributed by atoms with Crippen LogP contribution in [0, 0.1) is 5.41 Å². The van der Waals surface area contributed by atoms with Crippen LogP contribution in [-0.2, 0) is 4.79 Å². The second kappa shape index (κ2) is 9.40. The number of amidine groups is 1. The summed E-state index contributed by atoms with van der Waals surface area (Å²) in [5.74, 6) is 0.668. The third-order valence-corrected chi connectivity index (χ3v) is 7.56. The number of benzene rings is 1. The highest BCUT2D eigenvalue weighted by Crippen LogP contribution is 2.41. The summed E-state index contributed by atoms with van der Waals surface area (Å²) in [5.41, 5.74) is 1.77. The van der Waals surface area contributed by atoms with Crippen LogP contribution in [0.4, 0.5) is 0 Å². The molecule has 1 heterocycles. The van der Waals surface area contributed by atoms with E-state index in [0.717, 1.165) is 61.5 Å². The molecule has 0 spiro atoms. The molecule has 1 atom stereocenters. The van der Waals surface area contributed by atoms with Crippen molar-refractivity contribution in [1.29, 1.82) is 5.41 Å². The molecule has 4 rings (SSSR count). The van der Waals surface area contributed by atoms with E-state index in [1.807, 2.05) is 18.2 Å². The Balaban J connectivity index is 1.42. The standard InChI is InChI=1S/C24H32N4OS/c1-24(12-10-18(11-13-24)23(29)27-19-6-2-3-7-19)30-21-9-5-4-8-20(21)22(25)28-16-14-26-15-17-28/h4-5,8-12,19,25-26H,2-3,6-7,13-17H2,1H3,(H,27,29). The van der Waals surface area contributed by atoms with Crippen LogP contribution in [0.3, 0.4) is 0 Å². The van der Waals surface area contributed by atoms with Gasteiger partial charge in [-0.1, -0.05) is 49.3 Å². The average molecular weight is 425 g/mol. The van der Waals surface area contributed by atoms with Crippen molar-refractivity contribution in [2.24, 2.45) is 0 Å². The summed E-state index contributed by atoms with van der Waals surface area (Å²) in [5, 5.41) is 15.3. The highest BCUT2D eigenvalue weighted by atomic mass is 32.2. The monoisotopic (exact) mass is 424 g/mol.